The number of methoxy groups -OCH3 is 2. The molecular weight excluding hydrogens is 521 g/mol. The monoisotopic (exact) mass is 545 g/mol. The zero-order chi connectivity index (χ0) is 26.0. The summed E-state index contributed by atoms with van der Waals surface area (Å²) in [5, 5.41) is 9.91. The van der Waals surface area contributed by atoms with Crippen LogP contribution < -0.4 is 10.6 Å². The molecule has 0 fully saturated rings. The maximum absolute atomic E-state index is 13.7. The minimum atomic E-state index is -1.43. The molecule has 2 aromatic carbocycles. The van der Waals surface area contributed by atoms with Gasteiger partial charge in [-0.3, -0.25) is 0 Å². The number of allylic oxidation sites excluding steroid dienone is 1. The van der Waals surface area contributed by atoms with Crippen LogP contribution in [-0.4, -0.2) is 42.7 Å². The van der Waals surface area contributed by atoms with Gasteiger partial charge in [0.25, 0.3) is 0 Å². The molecule has 0 aliphatic carbocycles. The number of carbonyl (C=O) groups excluding carboxylic acids is 2. The smallest absolute Gasteiger partial charge is 0.336 e. The van der Waals surface area contributed by atoms with E-state index in [-0.39, 0.29) is 0 Å². The van der Waals surface area contributed by atoms with Crippen LogP contribution in [-0.2, 0) is 19.1 Å². The lowest BCUT2D eigenvalue weighted by Crippen LogP contribution is -2.66. The van der Waals surface area contributed by atoms with Crippen LogP contribution in [0.1, 0.15) is 25.3 Å². The summed E-state index contributed by atoms with van der Waals surface area (Å²) in [6.45, 7) is 3.66. The van der Waals surface area contributed by atoms with Gasteiger partial charge in [-0.25, -0.2) is 14.6 Å². The molecule has 7 nitrogen and oxygen atoms in total. The van der Waals surface area contributed by atoms with Gasteiger partial charge in [-0.1, -0.05) is 53.5 Å². The summed E-state index contributed by atoms with van der Waals surface area (Å²) in [6, 6.07) is 14.0. The molecule has 3 atom stereocenters. The number of thiazole rings is 1. The van der Waals surface area contributed by atoms with Crippen LogP contribution in [0.2, 0.25) is 10.0 Å². The first kappa shape index (κ1) is 26.0. The maximum atomic E-state index is 13.7. The molecule has 1 aliphatic rings. The van der Waals surface area contributed by atoms with Gasteiger partial charge < -0.3 is 20.1 Å². The van der Waals surface area contributed by atoms with Crippen molar-refractivity contribution in [3.05, 3.63) is 80.8 Å². The number of ether oxygens (including phenoxy) is 2. The molecule has 1 aromatic heterocycles. The van der Waals surface area contributed by atoms with Crippen LogP contribution in [0, 0.1) is 0 Å². The average molecular weight is 546 g/mol. The van der Waals surface area contributed by atoms with Gasteiger partial charge in [-0.05, 0) is 37.6 Å². The van der Waals surface area contributed by atoms with Crippen LogP contribution in [0.4, 0.5) is 5.13 Å². The van der Waals surface area contributed by atoms with E-state index in [2.05, 4.69) is 10.6 Å². The van der Waals surface area contributed by atoms with Crippen molar-refractivity contribution >= 4 is 51.6 Å². The van der Waals surface area contributed by atoms with Gasteiger partial charge in [0, 0.05) is 21.7 Å². The normalized spacial score (nSPS) is 21.5. The standard InChI is InChI=1S/C26H25Cl2N3O4S/c1-14-21(23(32)34-3)22(16-8-6-5-7-9-16)26(15(2)29-14,24(33)35-4)31-25-30-20(13-36-25)18-11-10-17(27)12-19(18)28/h5-13,15,22,29H,1-4H3,(H,30,31). The van der Waals surface area contributed by atoms with Crippen LogP contribution in [0.15, 0.2) is 65.2 Å². The second-order valence-electron chi connectivity index (χ2n) is 8.39. The topological polar surface area (TPSA) is 89.5 Å². The Morgan fingerprint density at radius 1 is 1.11 bits per heavy atom. The molecule has 3 aromatic rings. The van der Waals surface area contributed by atoms with Crippen molar-refractivity contribution < 1.29 is 19.1 Å². The van der Waals surface area contributed by atoms with E-state index in [1.165, 1.54) is 25.6 Å². The Morgan fingerprint density at radius 2 is 1.83 bits per heavy atom. The van der Waals surface area contributed by atoms with Gasteiger partial charge in [0.2, 0.25) is 0 Å². The third kappa shape index (κ3) is 4.56. The van der Waals surface area contributed by atoms with E-state index in [1.807, 2.05) is 42.6 Å². The first-order valence-electron chi connectivity index (χ1n) is 11.1. The number of esters is 2. The lowest BCUT2D eigenvalue weighted by atomic mass is 9.68. The average Bonchev–Trinajstić information content (AvgIpc) is 3.32. The quantitative estimate of drug-likeness (QED) is 0.386. The van der Waals surface area contributed by atoms with Crippen molar-refractivity contribution in [3.63, 3.8) is 0 Å². The number of aromatic nitrogens is 1. The third-order valence-electron chi connectivity index (χ3n) is 6.35. The van der Waals surface area contributed by atoms with Crippen molar-refractivity contribution in [2.24, 2.45) is 0 Å². The second kappa shape index (κ2) is 10.5. The van der Waals surface area contributed by atoms with Crippen LogP contribution in [0.5, 0.6) is 0 Å². The molecule has 0 bridgehead atoms. The van der Waals surface area contributed by atoms with Gasteiger partial charge in [0.05, 0.1) is 42.5 Å². The molecule has 2 N–H and O–H groups in total. The van der Waals surface area contributed by atoms with Crippen molar-refractivity contribution in [3.8, 4) is 11.3 Å². The van der Waals surface area contributed by atoms with Crippen molar-refractivity contribution in [2.75, 3.05) is 19.5 Å². The van der Waals surface area contributed by atoms with Gasteiger partial charge in [0.15, 0.2) is 10.7 Å². The summed E-state index contributed by atoms with van der Waals surface area (Å²) in [6.07, 6.45) is 0. The molecule has 3 unspecified atom stereocenters. The Bertz CT molecular complexity index is 1330. The van der Waals surface area contributed by atoms with Crippen molar-refractivity contribution in [1.82, 2.24) is 10.3 Å². The Hall–Kier alpha value is -3.07. The molecule has 36 heavy (non-hydrogen) atoms. The van der Waals surface area contributed by atoms with Gasteiger partial charge in [0.1, 0.15) is 0 Å². The Balaban J connectivity index is 1.88. The highest BCUT2D eigenvalue weighted by molar-refractivity contribution is 7.14. The summed E-state index contributed by atoms with van der Waals surface area (Å²) in [7, 11) is 2.64. The summed E-state index contributed by atoms with van der Waals surface area (Å²) in [5.74, 6) is -1.82. The van der Waals surface area contributed by atoms with Gasteiger partial charge >= 0.3 is 11.9 Å². The Morgan fingerprint density at radius 3 is 2.47 bits per heavy atom. The third-order valence-corrected chi connectivity index (χ3v) is 7.66. The number of rotatable bonds is 6. The molecular formula is C26H25Cl2N3O4S. The fourth-order valence-electron chi connectivity index (χ4n) is 4.69. The van der Waals surface area contributed by atoms with E-state index in [0.717, 1.165) is 5.56 Å². The summed E-state index contributed by atoms with van der Waals surface area (Å²) >= 11 is 13.8. The molecule has 10 heteroatoms. The zero-order valence-electron chi connectivity index (χ0n) is 20.1. The first-order chi connectivity index (χ1) is 17.2. The molecule has 1 aliphatic heterocycles. The first-order valence-corrected chi connectivity index (χ1v) is 12.7. The van der Waals surface area contributed by atoms with E-state index in [0.29, 0.717) is 37.7 Å². The van der Waals surface area contributed by atoms with Gasteiger partial charge in [-0.15, -0.1) is 11.3 Å². The van der Waals surface area contributed by atoms with E-state index in [9.17, 15) is 9.59 Å². The lowest BCUT2D eigenvalue weighted by Gasteiger charge is -2.47. The van der Waals surface area contributed by atoms with E-state index in [4.69, 9.17) is 37.7 Å². The Labute approximate surface area is 223 Å². The largest absolute Gasteiger partial charge is 0.467 e. The SMILES string of the molecule is COC(=O)C1=C(C)NC(C)C(Nc2nc(-c3ccc(Cl)cc3Cl)cs2)(C(=O)OC)C1c1ccccc1. The number of halogens is 2. The molecule has 0 saturated heterocycles. The fraction of sp³-hybridized carbons (Fsp3) is 0.269. The minimum absolute atomic E-state index is 0.331. The number of nitrogens with one attached hydrogen (secondary N) is 2. The van der Waals surface area contributed by atoms with E-state index >= 15 is 0 Å². The minimum Gasteiger partial charge on any atom is -0.467 e. The summed E-state index contributed by atoms with van der Waals surface area (Å²) < 4.78 is 10.5. The second-order valence-corrected chi connectivity index (χ2v) is 10.1. The van der Waals surface area contributed by atoms with Crippen molar-refractivity contribution in [2.45, 2.75) is 31.3 Å². The summed E-state index contributed by atoms with van der Waals surface area (Å²) in [5.41, 5.74) is 1.60. The van der Waals surface area contributed by atoms with E-state index < -0.39 is 29.4 Å². The molecule has 188 valence electrons. The molecule has 4 rings (SSSR count). The van der Waals surface area contributed by atoms with E-state index in [1.54, 1.807) is 25.1 Å². The number of hydrogen-bond acceptors (Lipinski definition) is 8. The van der Waals surface area contributed by atoms with Crippen LogP contribution in [0.25, 0.3) is 11.3 Å². The molecule has 0 radical (unpaired) electrons. The molecule has 2 heterocycles. The predicted molar refractivity (Wildman–Crippen MR) is 142 cm³/mol. The molecule has 0 saturated carbocycles. The number of anilines is 1. The Kier molecular flexibility index (Phi) is 7.59. The van der Waals surface area contributed by atoms with Crippen LogP contribution >= 0.6 is 34.5 Å². The van der Waals surface area contributed by atoms with Crippen LogP contribution in [0.3, 0.4) is 0 Å². The highest BCUT2D eigenvalue weighted by atomic mass is 35.5. The summed E-state index contributed by atoms with van der Waals surface area (Å²) in [4.78, 5) is 31.4. The number of carbonyl (C=O) groups is 2. The molecule has 0 amide bonds. The maximum Gasteiger partial charge on any atom is 0.336 e. The number of nitrogens with zero attached hydrogens (tertiary/aromatic N) is 1. The van der Waals surface area contributed by atoms with Crippen molar-refractivity contribution in [1.29, 1.82) is 0 Å². The lowest BCUT2D eigenvalue weighted by molar-refractivity contribution is -0.148. The highest BCUT2D eigenvalue weighted by Crippen LogP contribution is 2.45. The number of benzene rings is 2. The highest BCUT2D eigenvalue weighted by Gasteiger charge is 2.58. The predicted octanol–water partition coefficient (Wildman–Crippen LogP) is 5.66. The fourth-order valence-corrected chi connectivity index (χ4v) is 5.98. The number of hydrogen-bond donors (Lipinski definition) is 2. The zero-order valence-corrected chi connectivity index (χ0v) is 22.4. The molecule has 0 spiro atoms. The van der Waals surface area contributed by atoms with Gasteiger partial charge in [-0.2, -0.15) is 0 Å².